The minimum atomic E-state index is -3.00. The summed E-state index contributed by atoms with van der Waals surface area (Å²) in [6, 6.07) is 3.28. The molecule has 112 valence electrons. The molecule has 0 aliphatic carbocycles. The van der Waals surface area contributed by atoms with E-state index in [4.69, 9.17) is 10.5 Å². The number of ether oxygens (including phenoxy) is 1. The maximum absolute atomic E-state index is 11.6. The number of benzene rings is 1. The van der Waals surface area contributed by atoms with Crippen LogP contribution < -0.4 is 10.5 Å². The highest BCUT2D eigenvalue weighted by Gasteiger charge is 2.14. The van der Waals surface area contributed by atoms with Crippen molar-refractivity contribution in [3.8, 4) is 5.75 Å². The first-order valence-corrected chi connectivity index (χ1v) is 8.81. The van der Waals surface area contributed by atoms with Crippen LogP contribution in [0, 0.1) is 0 Å². The fraction of sp³-hybridized carbons (Fsp3) is 0.462. The number of carbonyl (C=O) groups is 1. The minimum Gasteiger partial charge on any atom is -0.491 e. The van der Waals surface area contributed by atoms with Crippen molar-refractivity contribution in [2.75, 3.05) is 23.8 Å². The van der Waals surface area contributed by atoms with Crippen LogP contribution in [0.1, 0.15) is 30.6 Å². The molecule has 0 bridgehead atoms. The summed E-state index contributed by atoms with van der Waals surface area (Å²) >= 11 is 3.27. The molecule has 0 amide bonds. The quantitative estimate of drug-likeness (QED) is 0.456. The smallest absolute Gasteiger partial charge is 0.163 e. The molecular weight excluding hydrogens is 346 g/mol. The van der Waals surface area contributed by atoms with E-state index in [1.54, 1.807) is 19.1 Å². The van der Waals surface area contributed by atoms with Gasteiger partial charge in [-0.2, -0.15) is 0 Å². The van der Waals surface area contributed by atoms with Crippen molar-refractivity contribution >= 4 is 37.2 Å². The minimum absolute atomic E-state index is 0.0648. The van der Waals surface area contributed by atoms with Gasteiger partial charge < -0.3 is 10.5 Å². The molecule has 5 nitrogen and oxygen atoms in total. The Hall–Kier alpha value is -1.08. The van der Waals surface area contributed by atoms with Crippen molar-refractivity contribution in [2.24, 2.45) is 0 Å². The zero-order valence-corrected chi connectivity index (χ0v) is 13.9. The zero-order chi connectivity index (χ0) is 15.3. The molecule has 1 rings (SSSR count). The lowest BCUT2D eigenvalue weighted by Crippen LogP contribution is -2.13. The average Bonchev–Trinajstić information content (AvgIpc) is 2.35. The third kappa shape index (κ3) is 4.79. The molecule has 0 saturated carbocycles. The molecule has 0 unspecified atom stereocenters. The van der Waals surface area contributed by atoms with Crippen molar-refractivity contribution in [3.63, 3.8) is 0 Å². The lowest BCUT2D eigenvalue weighted by atomic mass is 10.1. The second-order valence-electron chi connectivity index (χ2n) is 4.37. The third-order valence-corrected chi connectivity index (χ3v) is 5.00. The van der Waals surface area contributed by atoms with Crippen LogP contribution in [0.4, 0.5) is 5.69 Å². The van der Waals surface area contributed by atoms with Gasteiger partial charge in [0.05, 0.1) is 23.6 Å². The number of hydrogen-bond donors (Lipinski definition) is 1. The highest BCUT2D eigenvalue weighted by Crippen LogP contribution is 2.31. The van der Waals surface area contributed by atoms with Crippen LogP contribution in [-0.2, 0) is 9.84 Å². The maximum atomic E-state index is 11.6. The summed E-state index contributed by atoms with van der Waals surface area (Å²) in [6.07, 6.45) is 0.364. The van der Waals surface area contributed by atoms with Crippen molar-refractivity contribution in [3.05, 3.63) is 22.2 Å². The molecule has 7 heteroatoms. The summed E-state index contributed by atoms with van der Waals surface area (Å²) in [4.78, 5) is 11.6. The number of Topliss-reactive ketones (excluding diaryl/α,β-unsaturated/α-hetero) is 1. The van der Waals surface area contributed by atoms with Gasteiger partial charge in [0.15, 0.2) is 11.5 Å². The van der Waals surface area contributed by atoms with Crippen molar-refractivity contribution in [1.29, 1.82) is 0 Å². The standard InChI is InChI=1S/C13H18BrNO4S/c1-3-20(17,18)6-4-5-19-13-11(9(2)16)7-10(14)8-12(13)15/h7-8H,3-6,15H2,1-2H3. The molecular formula is C13H18BrNO4S. The molecule has 0 atom stereocenters. The maximum Gasteiger partial charge on any atom is 0.163 e. The monoisotopic (exact) mass is 363 g/mol. The third-order valence-electron chi connectivity index (χ3n) is 2.75. The summed E-state index contributed by atoms with van der Waals surface area (Å²) in [5.74, 6) is 0.338. The van der Waals surface area contributed by atoms with Crippen molar-refractivity contribution < 1.29 is 17.9 Å². The van der Waals surface area contributed by atoms with E-state index in [-0.39, 0.29) is 23.9 Å². The fourth-order valence-corrected chi connectivity index (χ4v) is 2.96. The van der Waals surface area contributed by atoms with Gasteiger partial charge in [-0.1, -0.05) is 22.9 Å². The Balaban J connectivity index is 2.76. The van der Waals surface area contributed by atoms with Crippen LogP contribution in [0.25, 0.3) is 0 Å². The lowest BCUT2D eigenvalue weighted by molar-refractivity contribution is 0.101. The van der Waals surface area contributed by atoms with E-state index in [2.05, 4.69) is 15.9 Å². The Labute approximate surface area is 127 Å². The van der Waals surface area contributed by atoms with E-state index in [9.17, 15) is 13.2 Å². The van der Waals surface area contributed by atoms with Gasteiger partial charge >= 0.3 is 0 Å². The first kappa shape index (κ1) is 17.0. The number of nitrogen functional groups attached to an aromatic ring is 1. The number of ketones is 1. The van der Waals surface area contributed by atoms with Crippen molar-refractivity contribution in [2.45, 2.75) is 20.3 Å². The van der Waals surface area contributed by atoms with E-state index < -0.39 is 9.84 Å². The summed E-state index contributed by atoms with van der Waals surface area (Å²) in [7, 11) is -3.00. The summed E-state index contributed by atoms with van der Waals surface area (Å²) < 4.78 is 28.9. The van der Waals surface area contributed by atoms with Gasteiger partial charge in [0.1, 0.15) is 9.84 Å². The van der Waals surface area contributed by atoms with Gasteiger partial charge in [0, 0.05) is 10.2 Å². The lowest BCUT2D eigenvalue weighted by Gasteiger charge is -2.13. The molecule has 1 aromatic rings. The molecule has 0 fully saturated rings. The van der Waals surface area contributed by atoms with E-state index >= 15 is 0 Å². The number of nitrogens with two attached hydrogens (primary N) is 1. The van der Waals surface area contributed by atoms with Gasteiger partial charge in [-0.3, -0.25) is 4.79 Å². The predicted molar refractivity (Wildman–Crippen MR) is 83.0 cm³/mol. The molecule has 2 N–H and O–H groups in total. The number of anilines is 1. The molecule has 1 aromatic carbocycles. The van der Waals surface area contributed by atoms with Crippen LogP contribution >= 0.6 is 15.9 Å². The van der Waals surface area contributed by atoms with E-state index in [0.717, 1.165) is 0 Å². The molecule has 20 heavy (non-hydrogen) atoms. The topological polar surface area (TPSA) is 86.5 Å². The van der Waals surface area contributed by atoms with Crippen LogP contribution in [0.3, 0.4) is 0 Å². The first-order valence-electron chi connectivity index (χ1n) is 6.20. The number of hydrogen-bond acceptors (Lipinski definition) is 5. The highest BCUT2D eigenvalue weighted by molar-refractivity contribution is 9.10. The Morgan fingerprint density at radius 1 is 1.40 bits per heavy atom. The van der Waals surface area contributed by atoms with Crippen LogP contribution in [0.2, 0.25) is 0 Å². The first-order chi connectivity index (χ1) is 9.26. The van der Waals surface area contributed by atoms with Gasteiger partial charge in [0.25, 0.3) is 0 Å². The average molecular weight is 364 g/mol. The van der Waals surface area contributed by atoms with Gasteiger partial charge in [-0.15, -0.1) is 0 Å². The van der Waals surface area contributed by atoms with Gasteiger partial charge in [-0.25, -0.2) is 8.42 Å². The Kier molecular flexibility index (Phi) is 6.01. The SMILES string of the molecule is CCS(=O)(=O)CCCOc1c(N)cc(Br)cc1C(C)=O. The molecule has 0 saturated heterocycles. The number of carbonyl (C=O) groups excluding carboxylic acids is 1. The molecule has 0 aliphatic rings. The molecule has 0 heterocycles. The Morgan fingerprint density at radius 3 is 2.60 bits per heavy atom. The molecule has 0 radical (unpaired) electrons. The summed E-state index contributed by atoms with van der Waals surface area (Å²) in [5, 5.41) is 0. The second-order valence-corrected chi connectivity index (χ2v) is 7.75. The normalized spacial score (nSPS) is 11.3. The number of sulfone groups is 1. The van der Waals surface area contributed by atoms with Gasteiger partial charge in [0.2, 0.25) is 0 Å². The Morgan fingerprint density at radius 2 is 2.05 bits per heavy atom. The number of rotatable bonds is 7. The summed E-state index contributed by atoms with van der Waals surface area (Å²) in [6.45, 7) is 3.23. The Bertz CT molecular complexity index is 599. The van der Waals surface area contributed by atoms with Crippen LogP contribution in [0.15, 0.2) is 16.6 Å². The summed E-state index contributed by atoms with van der Waals surface area (Å²) in [5.41, 5.74) is 6.56. The van der Waals surface area contributed by atoms with E-state index in [0.29, 0.717) is 27.9 Å². The highest BCUT2D eigenvalue weighted by atomic mass is 79.9. The fourth-order valence-electron chi connectivity index (χ4n) is 1.63. The molecule has 0 spiro atoms. The largest absolute Gasteiger partial charge is 0.491 e. The second kappa shape index (κ2) is 7.08. The van der Waals surface area contributed by atoms with E-state index in [1.165, 1.54) is 6.92 Å². The van der Waals surface area contributed by atoms with Crippen LogP contribution in [-0.4, -0.2) is 32.3 Å². The molecule has 0 aromatic heterocycles. The number of halogens is 1. The predicted octanol–water partition coefficient (Wildman–Crippen LogP) is 2.44. The van der Waals surface area contributed by atoms with Gasteiger partial charge in [-0.05, 0) is 25.5 Å². The van der Waals surface area contributed by atoms with Crippen LogP contribution in [0.5, 0.6) is 5.75 Å². The molecule has 0 aliphatic heterocycles. The van der Waals surface area contributed by atoms with E-state index in [1.807, 2.05) is 0 Å². The zero-order valence-electron chi connectivity index (χ0n) is 11.5. The van der Waals surface area contributed by atoms with Crippen molar-refractivity contribution in [1.82, 2.24) is 0 Å².